The van der Waals surface area contributed by atoms with Crippen LogP contribution in [0.1, 0.15) is 27.0 Å². The molecule has 4 rings (SSSR count). The van der Waals surface area contributed by atoms with Gasteiger partial charge in [-0.2, -0.15) is 0 Å². The van der Waals surface area contributed by atoms with Gasteiger partial charge in [0.05, 0.1) is 0 Å². The van der Waals surface area contributed by atoms with Gasteiger partial charge >= 0.3 is 0 Å². The van der Waals surface area contributed by atoms with E-state index in [2.05, 4.69) is 34.5 Å². The molecule has 0 saturated heterocycles. The first-order chi connectivity index (χ1) is 13.6. The predicted molar refractivity (Wildman–Crippen MR) is 105 cm³/mol. The molecule has 3 aromatic carbocycles. The van der Waals surface area contributed by atoms with Gasteiger partial charge in [-0.05, 0) is 47.4 Å². The molecule has 1 N–H and O–H groups in total. The van der Waals surface area contributed by atoms with Gasteiger partial charge in [0.15, 0.2) is 11.6 Å². The van der Waals surface area contributed by atoms with Crippen LogP contribution in [0.25, 0.3) is 0 Å². The molecule has 0 saturated carbocycles. The highest BCUT2D eigenvalue weighted by atomic mass is 19.2. The number of amides is 1. The van der Waals surface area contributed by atoms with Crippen LogP contribution in [0.4, 0.5) is 14.5 Å². The topological polar surface area (TPSA) is 32.3 Å². The normalized spacial score (nSPS) is 13.8. The number of nitrogens with zero attached hydrogens (tertiary/aromatic N) is 1. The number of fused-ring (bicyclic) bond motifs is 1. The maximum absolute atomic E-state index is 13.3. The lowest BCUT2D eigenvalue weighted by Crippen LogP contribution is -2.29. The first kappa shape index (κ1) is 18.3. The molecule has 0 spiro atoms. The third kappa shape index (κ3) is 4.10. The van der Waals surface area contributed by atoms with Gasteiger partial charge in [0.2, 0.25) is 0 Å². The maximum Gasteiger partial charge on any atom is 0.255 e. The number of hydrogen-bond acceptors (Lipinski definition) is 2. The van der Waals surface area contributed by atoms with Crippen LogP contribution in [-0.2, 0) is 19.5 Å². The Bertz CT molecular complexity index is 1000. The van der Waals surface area contributed by atoms with Gasteiger partial charge in [-0.3, -0.25) is 9.69 Å². The number of carbonyl (C=O) groups excluding carboxylic acids is 1. The first-order valence-electron chi connectivity index (χ1n) is 9.23. The zero-order chi connectivity index (χ0) is 19.5. The Morgan fingerprint density at radius 2 is 1.68 bits per heavy atom. The van der Waals surface area contributed by atoms with E-state index in [-0.39, 0.29) is 11.6 Å². The number of hydrogen-bond donors (Lipinski definition) is 1. The molecule has 28 heavy (non-hydrogen) atoms. The standard InChI is InChI=1S/C23H20F2N2O/c24-21-10-9-20(13-22(21)25)26-23(28)18-7-5-16(6-8-18)14-27-12-11-17-3-1-2-4-19(17)15-27/h1-10,13H,11-12,14-15H2,(H,26,28). The van der Waals surface area contributed by atoms with Crippen molar-refractivity contribution in [1.29, 1.82) is 0 Å². The summed E-state index contributed by atoms with van der Waals surface area (Å²) in [6, 6.07) is 19.2. The second-order valence-corrected chi connectivity index (χ2v) is 7.01. The van der Waals surface area contributed by atoms with E-state index in [1.807, 2.05) is 12.1 Å². The third-order valence-electron chi connectivity index (χ3n) is 5.01. The zero-order valence-corrected chi connectivity index (χ0v) is 15.3. The molecule has 3 aromatic rings. The lowest BCUT2D eigenvalue weighted by Gasteiger charge is -2.28. The second-order valence-electron chi connectivity index (χ2n) is 7.01. The molecule has 1 amide bonds. The summed E-state index contributed by atoms with van der Waals surface area (Å²) in [7, 11) is 0. The van der Waals surface area contributed by atoms with Crippen molar-refractivity contribution in [1.82, 2.24) is 4.90 Å². The fourth-order valence-electron chi connectivity index (χ4n) is 3.49. The molecular formula is C23H20F2N2O. The van der Waals surface area contributed by atoms with Crippen LogP contribution < -0.4 is 5.32 Å². The minimum Gasteiger partial charge on any atom is -0.322 e. The quantitative estimate of drug-likeness (QED) is 0.709. The van der Waals surface area contributed by atoms with Gasteiger partial charge < -0.3 is 5.32 Å². The Morgan fingerprint density at radius 1 is 0.929 bits per heavy atom. The molecule has 3 nitrogen and oxygen atoms in total. The molecular weight excluding hydrogens is 358 g/mol. The molecule has 5 heteroatoms. The third-order valence-corrected chi connectivity index (χ3v) is 5.01. The van der Waals surface area contributed by atoms with Crippen molar-refractivity contribution in [2.45, 2.75) is 19.5 Å². The van der Waals surface area contributed by atoms with Crippen molar-refractivity contribution in [2.75, 3.05) is 11.9 Å². The summed E-state index contributed by atoms with van der Waals surface area (Å²) in [6.45, 7) is 2.75. The summed E-state index contributed by atoms with van der Waals surface area (Å²) in [5.41, 5.74) is 4.61. The van der Waals surface area contributed by atoms with Gasteiger partial charge in [0.25, 0.3) is 5.91 Å². The molecule has 0 fully saturated rings. The van der Waals surface area contributed by atoms with Gasteiger partial charge in [0.1, 0.15) is 0 Å². The van der Waals surface area contributed by atoms with Crippen molar-refractivity contribution in [2.24, 2.45) is 0 Å². The number of carbonyl (C=O) groups is 1. The Hall–Kier alpha value is -3.05. The monoisotopic (exact) mass is 378 g/mol. The Kier molecular flexibility index (Phi) is 5.17. The highest BCUT2D eigenvalue weighted by Crippen LogP contribution is 2.20. The van der Waals surface area contributed by atoms with E-state index in [9.17, 15) is 13.6 Å². The Morgan fingerprint density at radius 3 is 2.43 bits per heavy atom. The lowest BCUT2D eigenvalue weighted by atomic mass is 9.99. The Balaban J connectivity index is 1.38. The van der Waals surface area contributed by atoms with Gasteiger partial charge in [-0.15, -0.1) is 0 Å². The van der Waals surface area contributed by atoms with E-state index in [0.717, 1.165) is 43.8 Å². The molecule has 0 unspecified atom stereocenters. The number of nitrogens with one attached hydrogen (secondary N) is 1. The predicted octanol–water partition coefficient (Wildman–Crippen LogP) is 4.78. The molecule has 1 aliphatic heterocycles. The van der Waals surface area contributed by atoms with Crippen LogP contribution in [0.2, 0.25) is 0 Å². The molecule has 142 valence electrons. The summed E-state index contributed by atoms with van der Waals surface area (Å²) in [6.07, 6.45) is 1.05. The van der Waals surface area contributed by atoms with Crippen LogP contribution in [0.5, 0.6) is 0 Å². The molecule has 0 atom stereocenters. The summed E-state index contributed by atoms with van der Waals surface area (Å²) in [5, 5.41) is 2.58. The fourth-order valence-corrected chi connectivity index (χ4v) is 3.49. The van der Waals surface area contributed by atoms with Crippen LogP contribution in [0, 0.1) is 11.6 Å². The maximum atomic E-state index is 13.3. The lowest BCUT2D eigenvalue weighted by molar-refractivity contribution is 0.102. The van der Waals surface area contributed by atoms with E-state index >= 15 is 0 Å². The second kappa shape index (κ2) is 7.90. The number of anilines is 1. The largest absolute Gasteiger partial charge is 0.322 e. The van der Waals surface area contributed by atoms with Crippen molar-refractivity contribution in [3.05, 3.63) is 101 Å². The molecule has 0 radical (unpaired) electrons. The van der Waals surface area contributed by atoms with Crippen LogP contribution in [0.3, 0.4) is 0 Å². The molecule has 0 aliphatic carbocycles. The first-order valence-corrected chi connectivity index (χ1v) is 9.23. The van der Waals surface area contributed by atoms with Gasteiger partial charge in [0, 0.05) is 37.0 Å². The van der Waals surface area contributed by atoms with E-state index in [0.29, 0.717) is 5.56 Å². The Labute approximate surface area is 162 Å². The van der Waals surface area contributed by atoms with E-state index in [1.54, 1.807) is 12.1 Å². The molecule has 1 aliphatic rings. The minimum atomic E-state index is -0.990. The molecule has 0 bridgehead atoms. The number of benzene rings is 3. The average Bonchev–Trinajstić information content (AvgIpc) is 2.71. The van der Waals surface area contributed by atoms with Gasteiger partial charge in [-0.1, -0.05) is 36.4 Å². The van der Waals surface area contributed by atoms with Crippen molar-refractivity contribution >= 4 is 11.6 Å². The van der Waals surface area contributed by atoms with Crippen molar-refractivity contribution in [3.63, 3.8) is 0 Å². The average molecular weight is 378 g/mol. The van der Waals surface area contributed by atoms with Gasteiger partial charge in [-0.25, -0.2) is 8.78 Å². The van der Waals surface area contributed by atoms with Crippen LogP contribution in [0.15, 0.2) is 66.7 Å². The van der Waals surface area contributed by atoms with Crippen LogP contribution in [-0.4, -0.2) is 17.4 Å². The van der Waals surface area contributed by atoms with E-state index < -0.39 is 11.6 Å². The summed E-state index contributed by atoms with van der Waals surface area (Å²) in [4.78, 5) is 14.7. The molecule has 0 aromatic heterocycles. The van der Waals surface area contributed by atoms with E-state index in [4.69, 9.17) is 0 Å². The van der Waals surface area contributed by atoms with Crippen LogP contribution >= 0.6 is 0 Å². The summed E-state index contributed by atoms with van der Waals surface area (Å²) >= 11 is 0. The van der Waals surface area contributed by atoms with E-state index in [1.165, 1.54) is 17.2 Å². The molecule has 1 heterocycles. The number of rotatable bonds is 4. The summed E-state index contributed by atoms with van der Waals surface area (Å²) < 4.78 is 26.3. The smallest absolute Gasteiger partial charge is 0.255 e. The highest BCUT2D eigenvalue weighted by molar-refractivity contribution is 6.04. The SMILES string of the molecule is O=C(Nc1ccc(F)c(F)c1)c1ccc(CN2CCc3ccccc3C2)cc1. The number of halogens is 2. The van der Waals surface area contributed by atoms with Crippen molar-refractivity contribution < 1.29 is 13.6 Å². The van der Waals surface area contributed by atoms with Crippen molar-refractivity contribution in [3.8, 4) is 0 Å². The fraction of sp³-hybridized carbons (Fsp3) is 0.174. The zero-order valence-electron chi connectivity index (χ0n) is 15.3. The minimum absolute atomic E-state index is 0.222. The summed E-state index contributed by atoms with van der Waals surface area (Å²) in [5.74, 6) is -2.29. The highest BCUT2D eigenvalue weighted by Gasteiger charge is 2.16.